The van der Waals surface area contributed by atoms with Crippen molar-refractivity contribution < 1.29 is 13.6 Å². The van der Waals surface area contributed by atoms with Gasteiger partial charge in [-0.3, -0.25) is 4.79 Å². The lowest BCUT2D eigenvalue weighted by Gasteiger charge is -2.09. The highest BCUT2D eigenvalue weighted by atomic mass is 19.2. The van der Waals surface area contributed by atoms with E-state index >= 15 is 0 Å². The first-order valence-electron chi connectivity index (χ1n) is 7.84. The summed E-state index contributed by atoms with van der Waals surface area (Å²) in [6.45, 7) is 1.62. The summed E-state index contributed by atoms with van der Waals surface area (Å²) in [4.78, 5) is 20.6. The van der Waals surface area contributed by atoms with Crippen molar-refractivity contribution >= 4 is 23.1 Å². The van der Waals surface area contributed by atoms with Crippen molar-refractivity contribution in [2.24, 2.45) is 0 Å². The molecule has 0 spiro atoms. The summed E-state index contributed by atoms with van der Waals surface area (Å²) in [6.07, 6.45) is 0. The van der Waals surface area contributed by atoms with Crippen LogP contribution >= 0.6 is 0 Å². The van der Waals surface area contributed by atoms with Gasteiger partial charge in [-0.05, 0) is 43.3 Å². The molecule has 1 amide bonds. The molecule has 0 aliphatic carbocycles. The zero-order valence-corrected chi connectivity index (χ0v) is 14.1. The van der Waals surface area contributed by atoms with Crippen LogP contribution in [0.3, 0.4) is 0 Å². The molecule has 0 radical (unpaired) electrons. The Labute approximate surface area is 153 Å². The van der Waals surface area contributed by atoms with Gasteiger partial charge >= 0.3 is 0 Å². The predicted molar refractivity (Wildman–Crippen MR) is 95.5 cm³/mol. The van der Waals surface area contributed by atoms with Gasteiger partial charge in [0.25, 0.3) is 5.91 Å². The fourth-order valence-electron chi connectivity index (χ4n) is 2.29. The third-order valence-corrected chi connectivity index (χ3v) is 3.53. The van der Waals surface area contributed by atoms with Crippen molar-refractivity contribution in [2.45, 2.75) is 6.92 Å². The third-order valence-electron chi connectivity index (χ3n) is 3.53. The summed E-state index contributed by atoms with van der Waals surface area (Å²) in [5.74, 6) is -1.92. The molecule has 27 heavy (non-hydrogen) atoms. The minimum atomic E-state index is -1.06. The number of aryl methyl sites for hydroxylation is 1. The molecule has 3 aromatic rings. The molecule has 0 bridgehead atoms. The van der Waals surface area contributed by atoms with Crippen LogP contribution in [0.1, 0.15) is 21.9 Å². The fourth-order valence-corrected chi connectivity index (χ4v) is 2.29. The van der Waals surface area contributed by atoms with Gasteiger partial charge < -0.3 is 10.6 Å². The van der Waals surface area contributed by atoms with Crippen LogP contribution in [-0.4, -0.2) is 15.9 Å². The topological polar surface area (TPSA) is 90.7 Å². The monoisotopic (exact) mass is 365 g/mol. The number of nitriles is 1. The predicted octanol–water partition coefficient (Wildman–Crippen LogP) is 3.93. The van der Waals surface area contributed by atoms with Crippen LogP contribution in [0.4, 0.5) is 26.0 Å². The first kappa shape index (κ1) is 17.9. The van der Waals surface area contributed by atoms with Crippen LogP contribution in [0.5, 0.6) is 0 Å². The maximum Gasteiger partial charge on any atom is 0.274 e. The summed E-state index contributed by atoms with van der Waals surface area (Å²) in [7, 11) is 0. The van der Waals surface area contributed by atoms with Gasteiger partial charge in [0, 0.05) is 23.5 Å². The van der Waals surface area contributed by atoms with Crippen molar-refractivity contribution in [3.8, 4) is 6.07 Å². The van der Waals surface area contributed by atoms with E-state index < -0.39 is 17.5 Å². The zero-order chi connectivity index (χ0) is 19.4. The van der Waals surface area contributed by atoms with Gasteiger partial charge in [0.15, 0.2) is 11.6 Å². The average Bonchev–Trinajstić information content (AvgIpc) is 2.65. The molecular weight excluding hydrogens is 352 g/mol. The van der Waals surface area contributed by atoms with E-state index in [9.17, 15) is 13.6 Å². The largest absolute Gasteiger partial charge is 0.340 e. The molecule has 0 unspecified atom stereocenters. The molecule has 3 rings (SSSR count). The Morgan fingerprint density at radius 3 is 2.37 bits per heavy atom. The van der Waals surface area contributed by atoms with E-state index in [0.29, 0.717) is 22.9 Å². The highest BCUT2D eigenvalue weighted by Gasteiger charge is 2.12. The quantitative estimate of drug-likeness (QED) is 0.731. The zero-order valence-electron chi connectivity index (χ0n) is 14.1. The van der Waals surface area contributed by atoms with Crippen molar-refractivity contribution in [3.63, 3.8) is 0 Å². The molecule has 2 aromatic carbocycles. The van der Waals surface area contributed by atoms with Crippen LogP contribution in [0.2, 0.25) is 0 Å². The maximum atomic E-state index is 13.3. The standard InChI is InChI=1S/C19H13F2N5O/c1-11-23-17(19(27)26-14-6-7-15(20)16(21)8-14)9-18(24-11)25-13-4-2-12(10-22)3-5-13/h2-9H,1H3,(H,26,27)(H,23,24,25). The Morgan fingerprint density at radius 1 is 1.00 bits per heavy atom. The van der Waals surface area contributed by atoms with Crippen LogP contribution in [0.15, 0.2) is 48.5 Å². The van der Waals surface area contributed by atoms with Crippen LogP contribution < -0.4 is 10.6 Å². The average molecular weight is 365 g/mol. The molecule has 0 aliphatic rings. The van der Waals surface area contributed by atoms with Crippen molar-refractivity contribution in [2.75, 3.05) is 10.6 Å². The lowest BCUT2D eigenvalue weighted by molar-refractivity contribution is 0.102. The van der Waals surface area contributed by atoms with Crippen LogP contribution in [-0.2, 0) is 0 Å². The van der Waals surface area contributed by atoms with Gasteiger partial charge in [-0.15, -0.1) is 0 Å². The number of hydrogen-bond donors (Lipinski definition) is 2. The second-order valence-electron chi connectivity index (χ2n) is 5.58. The maximum absolute atomic E-state index is 13.3. The number of amides is 1. The molecule has 1 heterocycles. The number of nitrogens with one attached hydrogen (secondary N) is 2. The Balaban J connectivity index is 1.80. The molecule has 134 valence electrons. The van der Waals surface area contributed by atoms with Crippen molar-refractivity contribution in [1.29, 1.82) is 5.26 Å². The molecule has 0 saturated carbocycles. The number of carbonyl (C=O) groups is 1. The molecule has 0 fully saturated rings. The van der Waals surface area contributed by atoms with Gasteiger partial charge in [0.05, 0.1) is 11.6 Å². The first-order valence-corrected chi connectivity index (χ1v) is 7.84. The smallest absolute Gasteiger partial charge is 0.274 e. The van der Waals surface area contributed by atoms with E-state index in [-0.39, 0.29) is 11.4 Å². The van der Waals surface area contributed by atoms with Crippen LogP contribution in [0.25, 0.3) is 0 Å². The second-order valence-corrected chi connectivity index (χ2v) is 5.58. The molecular formula is C19H13F2N5O. The number of anilines is 3. The molecule has 8 heteroatoms. The fraction of sp³-hybridized carbons (Fsp3) is 0.0526. The van der Waals surface area contributed by atoms with Gasteiger partial charge in [0.2, 0.25) is 0 Å². The lowest BCUT2D eigenvalue weighted by Crippen LogP contribution is -2.15. The molecule has 0 saturated heterocycles. The van der Waals surface area contributed by atoms with Crippen molar-refractivity contribution in [1.82, 2.24) is 9.97 Å². The minimum absolute atomic E-state index is 0.0587. The number of benzene rings is 2. The molecule has 1 aromatic heterocycles. The van der Waals surface area contributed by atoms with E-state index in [1.165, 1.54) is 12.1 Å². The van der Waals surface area contributed by atoms with E-state index in [1.807, 2.05) is 6.07 Å². The van der Waals surface area contributed by atoms with E-state index in [2.05, 4.69) is 20.6 Å². The number of nitrogens with zero attached hydrogens (tertiary/aromatic N) is 3. The summed E-state index contributed by atoms with van der Waals surface area (Å²) < 4.78 is 26.3. The van der Waals surface area contributed by atoms with Gasteiger partial charge in [-0.2, -0.15) is 5.26 Å². The van der Waals surface area contributed by atoms with E-state index in [4.69, 9.17) is 5.26 Å². The van der Waals surface area contributed by atoms with E-state index in [0.717, 1.165) is 12.1 Å². The summed E-state index contributed by atoms with van der Waals surface area (Å²) in [5.41, 5.74) is 1.37. The summed E-state index contributed by atoms with van der Waals surface area (Å²) in [6, 6.07) is 13.2. The van der Waals surface area contributed by atoms with Crippen LogP contribution in [0, 0.1) is 29.9 Å². The minimum Gasteiger partial charge on any atom is -0.340 e. The number of halogens is 2. The van der Waals surface area contributed by atoms with Gasteiger partial charge in [0.1, 0.15) is 17.3 Å². The first-order chi connectivity index (χ1) is 12.9. The third kappa shape index (κ3) is 4.41. The Morgan fingerprint density at radius 2 is 1.70 bits per heavy atom. The molecule has 0 aliphatic heterocycles. The number of aromatic nitrogens is 2. The molecule has 0 atom stereocenters. The van der Waals surface area contributed by atoms with Gasteiger partial charge in [-0.1, -0.05) is 0 Å². The Hall–Kier alpha value is -3.86. The Bertz CT molecular complexity index is 1040. The highest BCUT2D eigenvalue weighted by Crippen LogP contribution is 2.18. The van der Waals surface area contributed by atoms with E-state index in [1.54, 1.807) is 31.2 Å². The normalized spacial score (nSPS) is 10.1. The van der Waals surface area contributed by atoms with Crippen molar-refractivity contribution in [3.05, 3.63) is 77.2 Å². The lowest BCUT2D eigenvalue weighted by atomic mass is 10.2. The highest BCUT2D eigenvalue weighted by molar-refractivity contribution is 6.03. The SMILES string of the molecule is Cc1nc(Nc2ccc(C#N)cc2)cc(C(=O)Nc2ccc(F)c(F)c2)n1. The molecule has 2 N–H and O–H groups in total. The molecule has 6 nitrogen and oxygen atoms in total. The number of rotatable bonds is 4. The number of hydrogen-bond acceptors (Lipinski definition) is 5. The number of carbonyl (C=O) groups excluding carboxylic acids is 1. The Kier molecular flexibility index (Phi) is 5.04. The summed E-state index contributed by atoms with van der Waals surface area (Å²) >= 11 is 0. The second kappa shape index (κ2) is 7.58. The summed E-state index contributed by atoms with van der Waals surface area (Å²) in [5, 5.41) is 14.3. The van der Waals surface area contributed by atoms with Gasteiger partial charge in [-0.25, -0.2) is 18.7 Å².